The van der Waals surface area contributed by atoms with E-state index >= 15 is 0 Å². The first-order chi connectivity index (χ1) is 12.1. The molecule has 4 nitrogen and oxygen atoms in total. The Morgan fingerprint density at radius 1 is 1.12 bits per heavy atom. The second-order valence-corrected chi connectivity index (χ2v) is 7.23. The third kappa shape index (κ3) is 4.92. The number of benzene rings is 1. The summed E-state index contributed by atoms with van der Waals surface area (Å²) in [5, 5.41) is 7.14. The number of nitrogens with one attached hydrogen (secondary N) is 2. The molecule has 0 amide bonds. The molecule has 0 unspecified atom stereocenters. The highest BCUT2D eigenvalue weighted by Crippen LogP contribution is 2.24. The van der Waals surface area contributed by atoms with Crippen molar-refractivity contribution in [2.75, 3.05) is 23.3 Å². The van der Waals surface area contributed by atoms with Crippen LogP contribution in [-0.2, 0) is 0 Å². The standard InChI is InChI=1S/C20H26N4S/c1-15-9-13-24(14-10-15)19-5-3-17(4-6-19)16(2)22-20(25)23-18-7-11-21-12-8-18/h3-8,11-12,15-16H,9-10,13-14H2,1-2H3,(H2,21,22,23,25)/t16-/m0/s1. The molecular formula is C20H26N4S. The molecule has 2 heterocycles. The summed E-state index contributed by atoms with van der Waals surface area (Å²) in [6.45, 7) is 6.79. The van der Waals surface area contributed by atoms with Crippen LogP contribution in [0.5, 0.6) is 0 Å². The Balaban J connectivity index is 1.55. The van der Waals surface area contributed by atoms with Crippen LogP contribution in [0, 0.1) is 5.92 Å². The molecule has 25 heavy (non-hydrogen) atoms. The van der Waals surface area contributed by atoms with Crippen molar-refractivity contribution in [1.82, 2.24) is 10.3 Å². The zero-order valence-electron chi connectivity index (χ0n) is 14.9. The highest BCUT2D eigenvalue weighted by atomic mass is 32.1. The Morgan fingerprint density at radius 2 is 1.76 bits per heavy atom. The summed E-state index contributed by atoms with van der Waals surface area (Å²) < 4.78 is 0. The molecule has 132 valence electrons. The third-order valence-corrected chi connectivity index (χ3v) is 5.05. The van der Waals surface area contributed by atoms with E-state index in [4.69, 9.17) is 12.2 Å². The molecule has 0 radical (unpaired) electrons. The van der Waals surface area contributed by atoms with Gasteiger partial charge in [0.05, 0.1) is 6.04 Å². The van der Waals surface area contributed by atoms with Crippen molar-refractivity contribution >= 4 is 28.7 Å². The fraction of sp³-hybridized carbons (Fsp3) is 0.400. The molecular weight excluding hydrogens is 328 g/mol. The van der Waals surface area contributed by atoms with Crippen LogP contribution in [0.2, 0.25) is 0 Å². The Hall–Kier alpha value is -2.14. The number of rotatable bonds is 4. The fourth-order valence-corrected chi connectivity index (χ4v) is 3.42. The smallest absolute Gasteiger partial charge is 0.171 e. The highest BCUT2D eigenvalue weighted by molar-refractivity contribution is 7.80. The highest BCUT2D eigenvalue weighted by Gasteiger charge is 2.16. The molecule has 1 aromatic heterocycles. The van der Waals surface area contributed by atoms with E-state index in [1.165, 1.54) is 24.1 Å². The number of hydrogen-bond acceptors (Lipinski definition) is 3. The molecule has 1 saturated heterocycles. The minimum atomic E-state index is 0.150. The summed E-state index contributed by atoms with van der Waals surface area (Å²) >= 11 is 5.40. The Kier molecular flexibility index (Phi) is 5.87. The Labute approximate surface area is 155 Å². The van der Waals surface area contributed by atoms with E-state index in [0.717, 1.165) is 24.7 Å². The van der Waals surface area contributed by atoms with Crippen LogP contribution < -0.4 is 15.5 Å². The van der Waals surface area contributed by atoms with Gasteiger partial charge in [-0.3, -0.25) is 4.98 Å². The maximum Gasteiger partial charge on any atom is 0.171 e. The summed E-state index contributed by atoms with van der Waals surface area (Å²) in [5.74, 6) is 0.855. The zero-order chi connectivity index (χ0) is 17.6. The predicted octanol–water partition coefficient (Wildman–Crippen LogP) is 4.37. The van der Waals surface area contributed by atoms with Gasteiger partial charge in [0.1, 0.15) is 0 Å². The summed E-state index contributed by atoms with van der Waals surface area (Å²) in [6.07, 6.45) is 6.06. The molecule has 0 spiro atoms. The molecule has 3 rings (SSSR count). The lowest BCUT2D eigenvalue weighted by atomic mass is 9.98. The number of aromatic nitrogens is 1. The van der Waals surface area contributed by atoms with Gasteiger partial charge in [-0.15, -0.1) is 0 Å². The largest absolute Gasteiger partial charge is 0.372 e. The fourth-order valence-electron chi connectivity index (χ4n) is 3.12. The average Bonchev–Trinajstić information content (AvgIpc) is 2.63. The van der Waals surface area contributed by atoms with Crippen LogP contribution >= 0.6 is 12.2 Å². The van der Waals surface area contributed by atoms with Crippen LogP contribution in [-0.4, -0.2) is 23.2 Å². The van der Waals surface area contributed by atoms with Crippen molar-refractivity contribution in [3.63, 3.8) is 0 Å². The average molecular weight is 355 g/mol. The molecule has 1 aliphatic rings. The van der Waals surface area contributed by atoms with Gasteiger partial charge in [0, 0.05) is 36.9 Å². The molecule has 0 bridgehead atoms. The quantitative estimate of drug-likeness (QED) is 0.798. The van der Waals surface area contributed by atoms with E-state index in [0.29, 0.717) is 5.11 Å². The van der Waals surface area contributed by atoms with Crippen LogP contribution in [0.4, 0.5) is 11.4 Å². The molecule has 1 fully saturated rings. The summed E-state index contributed by atoms with van der Waals surface area (Å²) in [4.78, 5) is 6.49. The van der Waals surface area contributed by atoms with Crippen molar-refractivity contribution in [2.24, 2.45) is 5.92 Å². The van der Waals surface area contributed by atoms with Gasteiger partial charge in [-0.1, -0.05) is 19.1 Å². The van der Waals surface area contributed by atoms with Crippen molar-refractivity contribution in [1.29, 1.82) is 0 Å². The molecule has 1 aromatic carbocycles. The minimum absolute atomic E-state index is 0.150. The Morgan fingerprint density at radius 3 is 2.40 bits per heavy atom. The van der Waals surface area contributed by atoms with Crippen molar-refractivity contribution in [3.8, 4) is 0 Å². The van der Waals surface area contributed by atoms with E-state index in [-0.39, 0.29) is 6.04 Å². The van der Waals surface area contributed by atoms with Crippen LogP contribution in [0.3, 0.4) is 0 Å². The Bertz CT molecular complexity index is 679. The first kappa shape index (κ1) is 17.7. The third-order valence-electron chi connectivity index (χ3n) is 4.83. The topological polar surface area (TPSA) is 40.2 Å². The lowest BCUT2D eigenvalue weighted by Crippen LogP contribution is -2.33. The second-order valence-electron chi connectivity index (χ2n) is 6.82. The summed E-state index contributed by atoms with van der Waals surface area (Å²) in [7, 11) is 0. The maximum absolute atomic E-state index is 5.40. The maximum atomic E-state index is 5.40. The second kappa shape index (κ2) is 8.30. The van der Waals surface area contributed by atoms with Crippen molar-refractivity contribution in [3.05, 3.63) is 54.4 Å². The minimum Gasteiger partial charge on any atom is -0.372 e. The number of thiocarbonyl (C=S) groups is 1. The van der Waals surface area contributed by atoms with E-state index in [1.54, 1.807) is 12.4 Å². The lowest BCUT2D eigenvalue weighted by molar-refractivity contribution is 0.438. The lowest BCUT2D eigenvalue weighted by Gasteiger charge is -2.32. The van der Waals surface area contributed by atoms with Gasteiger partial charge in [-0.05, 0) is 67.7 Å². The first-order valence-corrected chi connectivity index (χ1v) is 9.35. The SMILES string of the molecule is CC1CCN(c2ccc([C@H](C)NC(=S)Nc3ccncc3)cc2)CC1. The number of hydrogen-bond donors (Lipinski definition) is 2. The van der Waals surface area contributed by atoms with Crippen LogP contribution in [0.15, 0.2) is 48.8 Å². The predicted molar refractivity (Wildman–Crippen MR) is 109 cm³/mol. The van der Waals surface area contributed by atoms with Gasteiger partial charge in [0.25, 0.3) is 0 Å². The number of pyridine rings is 1. The number of piperidine rings is 1. The van der Waals surface area contributed by atoms with Gasteiger partial charge in [-0.2, -0.15) is 0 Å². The normalized spacial score (nSPS) is 16.3. The molecule has 0 saturated carbocycles. The van der Waals surface area contributed by atoms with Gasteiger partial charge in [0.2, 0.25) is 0 Å². The van der Waals surface area contributed by atoms with Gasteiger partial charge in [0.15, 0.2) is 5.11 Å². The van der Waals surface area contributed by atoms with Gasteiger partial charge >= 0.3 is 0 Å². The van der Waals surface area contributed by atoms with Crippen LogP contribution in [0.25, 0.3) is 0 Å². The van der Waals surface area contributed by atoms with E-state index in [9.17, 15) is 0 Å². The van der Waals surface area contributed by atoms with Gasteiger partial charge in [-0.25, -0.2) is 0 Å². The molecule has 2 aromatic rings. The van der Waals surface area contributed by atoms with Crippen molar-refractivity contribution < 1.29 is 0 Å². The monoisotopic (exact) mass is 354 g/mol. The molecule has 1 aliphatic heterocycles. The molecule has 0 aliphatic carbocycles. The van der Waals surface area contributed by atoms with Crippen LogP contribution in [0.1, 0.15) is 38.3 Å². The zero-order valence-corrected chi connectivity index (χ0v) is 15.7. The molecule has 1 atom stereocenters. The first-order valence-electron chi connectivity index (χ1n) is 8.94. The number of nitrogens with zero attached hydrogens (tertiary/aromatic N) is 2. The van der Waals surface area contributed by atoms with E-state index in [1.807, 2.05) is 12.1 Å². The van der Waals surface area contributed by atoms with Gasteiger partial charge < -0.3 is 15.5 Å². The van der Waals surface area contributed by atoms with E-state index in [2.05, 4.69) is 58.6 Å². The van der Waals surface area contributed by atoms with E-state index < -0.39 is 0 Å². The molecule has 5 heteroatoms. The summed E-state index contributed by atoms with van der Waals surface area (Å²) in [5.41, 5.74) is 3.49. The molecule has 2 N–H and O–H groups in total. The number of anilines is 2. The van der Waals surface area contributed by atoms with Crippen molar-refractivity contribution in [2.45, 2.75) is 32.7 Å². The summed E-state index contributed by atoms with van der Waals surface area (Å²) in [6, 6.07) is 12.8.